The molecule has 3 rings (SSSR count). The monoisotopic (exact) mass is 362 g/mol. The molecule has 0 aliphatic carbocycles. The number of fused-ring (bicyclic) bond motifs is 1. The van der Waals surface area contributed by atoms with Crippen LogP contribution in [0.4, 0.5) is 0 Å². The number of benzene rings is 2. The molecule has 0 aromatic heterocycles. The molecule has 132 valence electrons. The van der Waals surface area contributed by atoms with Crippen LogP contribution in [0.2, 0.25) is 0 Å². The van der Waals surface area contributed by atoms with E-state index < -0.39 is 15.9 Å². The molecule has 1 amide bonds. The van der Waals surface area contributed by atoms with E-state index in [0.717, 1.165) is 5.56 Å². The smallest absolute Gasteiger partial charge is 0.266 e. The number of sulfonamides is 1. The van der Waals surface area contributed by atoms with Gasteiger partial charge in [0.05, 0.1) is 4.90 Å². The number of hydrogen-bond donors (Lipinski definition) is 2. The van der Waals surface area contributed by atoms with Gasteiger partial charge in [0.15, 0.2) is 11.5 Å². The van der Waals surface area contributed by atoms with Crippen molar-refractivity contribution in [1.82, 2.24) is 10.3 Å². The number of nitrogens with one attached hydrogen (secondary N) is 2. The molecule has 1 heterocycles. The van der Waals surface area contributed by atoms with Crippen LogP contribution in [0.1, 0.15) is 21.5 Å². The maximum Gasteiger partial charge on any atom is 0.266 e. The van der Waals surface area contributed by atoms with E-state index in [0.29, 0.717) is 30.3 Å². The third kappa shape index (κ3) is 3.75. The molecule has 8 heteroatoms. The fraction of sp³-hybridized carbons (Fsp3) is 0.235. The molecule has 7 nitrogen and oxygen atoms in total. The predicted molar refractivity (Wildman–Crippen MR) is 91.1 cm³/mol. The van der Waals surface area contributed by atoms with Crippen LogP contribution in [0.25, 0.3) is 0 Å². The Bertz CT molecular complexity index is 925. The summed E-state index contributed by atoms with van der Waals surface area (Å²) >= 11 is 0. The van der Waals surface area contributed by atoms with E-state index >= 15 is 0 Å². The molecule has 0 atom stereocenters. The van der Waals surface area contributed by atoms with Gasteiger partial charge in [-0.05, 0) is 49.2 Å². The third-order valence-corrected chi connectivity index (χ3v) is 5.13. The second kappa shape index (κ2) is 6.73. The Kier molecular flexibility index (Phi) is 4.65. The third-order valence-electron chi connectivity index (χ3n) is 3.74. The Balaban J connectivity index is 1.74. The maximum atomic E-state index is 12.4. The topological polar surface area (TPSA) is 93.7 Å². The molecule has 1 aliphatic rings. The number of amides is 1. The summed E-state index contributed by atoms with van der Waals surface area (Å²) in [4.78, 5) is 14.5. The molecule has 0 fully saturated rings. The minimum Gasteiger partial charge on any atom is -0.486 e. The first-order valence-electron chi connectivity index (χ1n) is 7.66. The number of carbonyl (C=O) groups excluding carboxylic acids is 1. The Hall–Kier alpha value is -2.58. The summed E-state index contributed by atoms with van der Waals surface area (Å²) in [6, 6.07) is 9.75. The lowest BCUT2D eigenvalue weighted by molar-refractivity contribution is 0.0944. The van der Waals surface area contributed by atoms with Crippen molar-refractivity contribution in [3.05, 3.63) is 53.1 Å². The predicted octanol–water partition coefficient (Wildman–Crippen LogP) is 1.70. The lowest BCUT2D eigenvalue weighted by Crippen LogP contribution is -2.41. The Morgan fingerprint density at radius 3 is 2.48 bits per heavy atom. The number of aryl methyl sites for hydroxylation is 2. The highest BCUT2D eigenvalue weighted by Crippen LogP contribution is 2.30. The van der Waals surface area contributed by atoms with Gasteiger partial charge < -0.3 is 9.47 Å². The molecule has 0 radical (unpaired) electrons. The molecular weight excluding hydrogens is 344 g/mol. The highest BCUT2D eigenvalue weighted by Gasteiger charge is 2.19. The van der Waals surface area contributed by atoms with Crippen molar-refractivity contribution in [1.29, 1.82) is 0 Å². The summed E-state index contributed by atoms with van der Waals surface area (Å²) in [5.74, 6) is 0.418. The SMILES string of the molecule is Cc1ccc(C)c(S(=O)(=O)NNC(=O)c2ccc3c(c2)OCCO3)c1. The fourth-order valence-corrected chi connectivity index (χ4v) is 3.59. The second-order valence-corrected chi connectivity index (χ2v) is 7.34. The van der Waals surface area contributed by atoms with Crippen molar-refractivity contribution in [3.8, 4) is 11.5 Å². The normalized spacial score (nSPS) is 13.4. The first-order chi connectivity index (χ1) is 11.9. The summed E-state index contributed by atoms with van der Waals surface area (Å²) in [6.07, 6.45) is 0. The van der Waals surface area contributed by atoms with Gasteiger partial charge in [-0.15, -0.1) is 4.83 Å². The number of hydrogen-bond acceptors (Lipinski definition) is 5. The van der Waals surface area contributed by atoms with Gasteiger partial charge in [-0.25, -0.2) is 8.42 Å². The van der Waals surface area contributed by atoms with E-state index in [4.69, 9.17) is 9.47 Å². The minimum atomic E-state index is -3.87. The van der Waals surface area contributed by atoms with Gasteiger partial charge >= 0.3 is 0 Å². The van der Waals surface area contributed by atoms with Crippen LogP contribution in [-0.2, 0) is 10.0 Å². The van der Waals surface area contributed by atoms with Crippen LogP contribution in [0.15, 0.2) is 41.3 Å². The summed E-state index contributed by atoms with van der Waals surface area (Å²) in [5, 5.41) is 0. The summed E-state index contributed by atoms with van der Waals surface area (Å²) in [6.45, 7) is 4.34. The van der Waals surface area contributed by atoms with Crippen LogP contribution < -0.4 is 19.7 Å². The quantitative estimate of drug-likeness (QED) is 0.808. The minimum absolute atomic E-state index is 0.120. The molecule has 0 saturated carbocycles. The molecule has 2 aromatic carbocycles. The molecule has 0 bridgehead atoms. The Morgan fingerprint density at radius 2 is 1.72 bits per heavy atom. The number of rotatable bonds is 4. The van der Waals surface area contributed by atoms with Gasteiger partial charge in [0.1, 0.15) is 13.2 Å². The van der Waals surface area contributed by atoms with Gasteiger partial charge in [0.25, 0.3) is 15.9 Å². The fourth-order valence-electron chi connectivity index (χ4n) is 2.42. The zero-order valence-corrected chi connectivity index (χ0v) is 14.6. The number of ether oxygens (including phenoxy) is 2. The van der Waals surface area contributed by atoms with Gasteiger partial charge in [0, 0.05) is 5.56 Å². The second-order valence-electron chi connectivity index (χ2n) is 5.69. The van der Waals surface area contributed by atoms with E-state index in [1.807, 2.05) is 6.07 Å². The summed E-state index contributed by atoms with van der Waals surface area (Å²) < 4.78 is 35.6. The molecule has 25 heavy (non-hydrogen) atoms. The molecular formula is C17H18N2O5S. The first kappa shape index (κ1) is 17.2. The highest BCUT2D eigenvalue weighted by atomic mass is 32.2. The molecule has 2 N–H and O–H groups in total. The average Bonchev–Trinajstić information content (AvgIpc) is 2.61. The van der Waals surface area contributed by atoms with Crippen molar-refractivity contribution in [3.63, 3.8) is 0 Å². The van der Waals surface area contributed by atoms with Crippen molar-refractivity contribution in [2.75, 3.05) is 13.2 Å². The van der Waals surface area contributed by atoms with Gasteiger partial charge in [-0.1, -0.05) is 12.1 Å². The molecule has 0 saturated heterocycles. The van der Waals surface area contributed by atoms with Crippen molar-refractivity contribution in [2.24, 2.45) is 0 Å². The Morgan fingerprint density at radius 1 is 1.00 bits per heavy atom. The van der Waals surface area contributed by atoms with Crippen molar-refractivity contribution in [2.45, 2.75) is 18.7 Å². The van der Waals surface area contributed by atoms with Crippen molar-refractivity contribution >= 4 is 15.9 Å². The van der Waals surface area contributed by atoms with E-state index in [1.54, 1.807) is 32.0 Å². The van der Waals surface area contributed by atoms with Crippen molar-refractivity contribution < 1.29 is 22.7 Å². The lowest BCUT2D eigenvalue weighted by atomic mass is 10.2. The largest absolute Gasteiger partial charge is 0.486 e. The molecule has 1 aliphatic heterocycles. The molecule has 2 aromatic rings. The molecule has 0 unspecified atom stereocenters. The zero-order chi connectivity index (χ0) is 18.0. The Labute approximate surface area is 146 Å². The van der Waals surface area contributed by atoms with E-state index in [9.17, 15) is 13.2 Å². The van der Waals surface area contributed by atoms with Gasteiger partial charge in [0.2, 0.25) is 0 Å². The van der Waals surface area contributed by atoms with Crippen LogP contribution in [0, 0.1) is 13.8 Å². The van der Waals surface area contributed by atoms with E-state index in [-0.39, 0.29) is 10.5 Å². The van der Waals surface area contributed by atoms with Crippen LogP contribution in [-0.4, -0.2) is 27.5 Å². The summed E-state index contributed by atoms with van der Waals surface area (Å²) in [5.41, 5.74) is 3.87. The lowest BCUT2D eigenvalue weighted by Gasteiger charge is -2.18. The van der Waals surface area contributed by atoms with Gasteiger partial charge in [-0.2, -0.15) is 0 Å². The summed E-state index contributed by atoms with van der Waals surface area (Å²) in [7, 11) is -3.87. The maximum absolute atomic E-state index is 12.4. The van der Waals surface area contributed by atoms with Crippen LogP contribution in [0.5, 0.6) is 11.5 Å². The van der Waals surface area contributed by atoms with E-state index in [1.165, 1.54) is 12.1 Å². The molecule has 0 spiro atoms. The number of carbonyl (C=O) groups is 1. The average molecular weight is 362 g/mol. The van der Waals surface area contributed by atoms with Crippen LogP contribution >= 0.6 is 0 Å². The van der Waals surface area contributed by atoms with Crippen LogP contribution in [0.3, 0.4) is 0 Å². The first-order valence-corrected chi connectivity index (χ1v) is 9.14. The zero-order valence-electron chi connectivity index (χ0n) is 13.8. The van der Waals surface area contributed by atoms with Gasteiger partial charge in [-0.3, -0.25) is 10.2 Å². The van der Waals surface area contributed by atoms with E-state index in [2.05, 4.69) is 10.3 Å². The standard InChI is InChI=1S/C17H18N2O5S/c1-11-3-4-12(2)16(9-11)25(21,22)19-18-17(20)13-5-6-14-15(10-13)24-8-7-23-14/h3-6,9-10,19H,7-8H2,1-2H3,(H,18,20). The highest BCUT2D eigenvalue weighted by molar-refractivity contribution is 7.89. The number of hydrazine groups is 1.